The van der Waals surface area contributed by atoms with E-state index in [9.17, 15) is 0 Å². The first kappa shape index (κ1) is 16.4. The smallest absolute Gasteiger partial charge is 0.191 e. The first-order chi connectivity index (χ1) is 8.69. The molecule has 1 aliphatic rings. The molecule has 0 aliphatic heterocycles. The normalized spacial score (nSPS) is 15.4. The van der Waals surface area contributed by atoms with Crippen molar-refractivity contribution in [2.45, 2.75) is 39.3 Å². The second-order valence-corrected chi connectivity index (χ2v) is 5.74. The molecule has 0 atom stereocenters. The maximum absolute atomic E-state index is 4.43. The number of aromatic nitrogens is 1. The van der Waals surface area contributed by atoms with Crippen LogP contribution in [0, 0.1) is 13.8 Å². The number of aryl methyl sites for hydroxylation is 2. The number of nitrogens with one attached hydrogen (secondary N) is 2. The summed E-state index contributed by atoms with van der Waals surface area (Å²) in [6.07, 6.45) is 6.59. The van der Waals surface area contributed by atoms with Crippen LogP contribution in [0.1, 0.15) is 28.4 Å². The Balaban J connectivity index is 0.00000180. The quantitative estimate of drug-likeness (QED) is 0.360. The molecule has 0 unspecified atom stereocenters. The number of thiazole rings is 1. The number of aliphatic imine (C=N–C) groups is 1. The van der Waals surface area contributed by atoms with E-state index < -0.39 is 0 Å². The van der Waals surface area contributed by atoms with E-state index in [2.05, 4.69) is 39.7 Å². The van der Waals surface area contributed by atoms with E-state index in [1.165, 1.54) is 4.88 Å². The van der Waals surface area contributed by atoms with Crippen LogP contribution in [0.2, 0.25) is 0 Å². The highest BCUT2D eigenvalue weighted by molar-refractivity contribution is 14.0. The van der Waals surface area contributed by atoms with E-state index >= 15 is 0 Å². The number of hydrogen-bond donors (Lipinski definition) is 2. The molecule has 0 saturated carbocycles. The van der Waals surface area contributed by atoms with Gasteiger partial charge in [0.25, 0.3) is 0 Å². The summed E-state index contributed by atoms with van der Waals surface area (Å²) in [5.74, 6) is 0.870. The molecule has 0 aromatic carbocycles. The zero-order chi connectivity index (χ0) is 13.0. The van der Waals surface area contributed by atoms with Crippen LogP contribution < -0.4 is 10.6 Å². The van der Waals surface area contributed by atoms with Crippen LogP contribution in [0.4, 0.5) is 0 Å². The lowest BCUT2D eigenvalue weighted by atomic mass is 10.2. The van der Waals surface area contributed by atoms with Gasteiger partial charge in [0.1, 0.15) is 0 Å². The molecule has 1 heterocycles. The van der Waals surface area contributed by atoms with Gasteiger partial charge in [-0.2, -0.15) is 0 Å². The third-order valence-corrected chi connectivity index (χ3v) is 4.06. The molecule has 1 aromatic heterocycles. The van der Waals surface area contributed by atoms with E-state index in [0.717, 1.165) is 36.0 Å². The Labute approximate surface area is 135 Å². The summed E-state index contributed by atoms with van der Waals surface area (Å²) in [7, 11) is 1.81. The first-order valence-electron chi connectivity index (χ1n) is 6.24. The summed E-state index contributed by atoms with van der Waals surface area (Å²) in [6, 6.07) is 0.487. The number of hydrogen-bond acceptors (Lipinski definition) is 3. The van der Waals surface area contributed by atoms with E-state index in [4.69, 9.17) is 0 Å². The molecular weight excluding hydrogens is 371 g/mol. The number of guanidine groups is 1. The Hall–Kier alpha value is -0.630. The van der Waals surface area contributed by atoms with Gasteiger partial charge in [-0.15, -0.1) is 35.3 Å². The van der Waals surface area contributed by atoms with Gasteiger partial charge in [0, 0.05) is 18.0 Å². The number of halogens is 1. The predicted molar refractivity (Wildman–Crippen MR) is 92.5 cm³/mol. The average molecular weight is 392 g/mol. The van der Waals surface area contributed by atoms with Crippen molar-refractivity contribution in [3.05, 3.63) is 27.7 Å². The van der Waals surface area contributed by atoms with Gasteiger partial charge >= 0.3 is 0 Å². The minimum absolute atomic E-state index is 0. The Morgan fingerprint density at radius 1 is 1.42 bits per heavy atom. The van der Waals surface area contributed by atoms with E-state index in [-0.39, 0.29) is 24.0 Å². The first-order valence-corrected chi connectivity index (χ1v) is 7.05. The minimum Gasteiger partial charge on any atom is -0.353 e. The maximum atomic E-state index is 4.43. The molecule has 6 heteroatoms. The fourth-order valence-corrected chi connectivity index (χ4v) is 2.90. The van der Waals surface area contributed by atoms with Crippen molar-refractivity contribution in [1.29, 1.82) is 0 Å². The lowest BCUT2D eigenvalue weighted by Gasteiger charge is -2.16. The van der Waals surface area contributed by atoms with Gasteiger partial charge in [0.2, 0.25) is 0 Å². The molecule has 106 valence electrons. The third-order valence-electron chi connectivity index (χ3n) is 2.99. The summed E-state index contributed by atoms with van der Waals surface area (Å²) in [6.45, 7) is 4.88. The highest BCUT2D eigenvalue weighted by Gasteiger charge is 2.12. The van der Waals surface area contributed by atoms with Crippen LogP contribution in [0.15, 0.2) is 17.1 Å². The Bertz CT molecular complexity index is 459. The molecule has 0 bridgehead atoms. The molecule has 0 spiro atoms. The summed E-state index contributed by atoms with van der Waals surface area (Å²) < 4.78 is 0. The van der Waals surface area contributed by atoms with Crippen LogP contribution >= 0.6 is 35.3 Å². The van der Waals surface area contributed by atoms with Gasteiger partial charge in [-0.1, -0.05) is 12.2 Å². The van der Waals surface area contributed by atoms with Crippen molar-refractivity contribution >= 4 is 41.3 Å². The molecule has 1 aliphatic carbocycles. The van der Waals surface area contributed by atoms with E-state index in [0.29, 0.717) is 6.04 Å². The molecule has 0 radical (unpaired) electrons. The van der Waals surface area contributed by atoms with Crippen LogP contribution in [0.5, 0.6) is 0 Å². The summed E-state index contributed by atoms with van der Waals surface area (Å²) in [5, 5.41) is 7.89. The molecular formula is C13H21IN4S. The number of nitrogens with zero attached hydrogens (tertiary/aromatic N) is 2. The molecule has 0 saturated heterocycles. The Kier molecular flexibility index (Phi) is 6.78. The fourth-order valence-electron chi connectivity index (χ4n) is 2.02. The van der Waals surface area contributed by atoms with Crippen molar-refractivity contribution in [2.75, 3.05) is 7.05 Å². The summed E-state index contributed by atoms with van der Waals surface area (Å²) in [5.41, 5.74) is 1.11. The van der Waals surface area contributed by atoms with Crippen LogP contribution in [-0.2, 0) is 6.54 Å². The largest absolute Gasteiger partial charge is 0.353 e. The molecule has 0 fully saturated rings. The SMILES string of the molecule is CN=C(NCc1sc(C)nc1C)NC1CC=CC1.I. The zero-order valence-corrected chi connectivity index (χ0v) is 14.7. The lowest BCUT2D eigenvalue weighted by Crippen LogP contribution is -2.42. The summed E-state index contributed by atoms with van der Waals surface area (Å²) >= 11 is 1.74. The Morgan fingerprint density at radius 3 is 2.63 bits per heavy atom. The fraction of sp³-hybridized carbons (Fsp3) is 0.538. The van der Waals surface area contributed by atoms with Gasteiger partial charge in [-0.3, -0.25) is 4.99 Å². The molecule has 19 heavy (non-hydrogen) atoms. The molecule has 1 aromatic rings. The minimum atomic E-state index is 0. The molecule has 2 rings (SSSR count). The molecule has 0 amide bonds. The van der Waals surface area contributed by atoms with Crippen LogP contribution in [0.3, 0.4) is 0 Å². The highest BCUT2D eigenvalue weighted by Crippen LogP contribution is 2.16. The van der Waals surface area contributed by atoms with Crippen molar-refractivity contribution in [1.82, 2.24) is 15.6 Å². The molecule has 2 N–H and O–H groups in total. The second kappa shape index (κ2) is 7.84. The van der Waals surface area contributed by atoms with Gasteiger partial charge in [0.15, 0.2) is 5.96 Å². The van der Waals surface area contributed by atoms with Gasteiger partial charge in [0.05, 0.1) is 17.2 Å². The monoisotopic (exact) mass is 392 g/mol. The standard InChI is InChI=1S/C13H20N4S.HI/c1-9-12(18-10(2)16-9)8-15-13(14-3)17-11-6-4-5-7-11;/h4-5,11H,6-8H2,1-3H3,(H2,14,15,17);1H. The third kappa shape index (κ3) is 4.76. The van der Waals surface area contributed by atoms with Gasteiger partial charge < -0.3 is 10.6 Å². The maximum Gasteiger partial charge on any atom is 0.191 e. The van der Waals surface area contributed by atoms with E-state index in [1.54, 1.807) is 11.3 Å². The lowest BCUT2D eigenvalue weighted by molar-refractivity contribution is 0.633. The van der Waals surface area contributed by atoms with Crippen LogP contribution in [0.25, 0.3) is 0 Å². The number of rotatable bonds is 3. The topological polar surface area (TPSA) is 49.3 Å². The average Bonchev–Trinajstić information content (AvgIpc) is 2.94. The van der Waals surface area contributed by atoms with Crippen molar-refractivity contribution in [3.8, 4) is 0 Å². The van der Waals surface area contributed by atoms with E-state index in [1.807, 2.05) is 14.0 Å². The van der Waals surface area contributed by atoms with Gasteiger partial charge in [-0.25, -0.2) is 4.98 Å². The van der Waals surface area contributed by atoms with Crippen molar-refractivity contribution in [2.24, 2.45) is 4.99 Å². The Morgan fingerprint density at radius 2 is 2.11 bits per heavy atom. The van der Waals surface area contributed by atoms with Crippen LogP contribution in [-0.4, -0.2) is 24.0 Å². The van der Waals surface area contributed by atoms with Crippen molar-refractivity contribution < 1.29 is 0 Å². The summed E-state index contributed by atoms with van der Waals surface area (Å²) in [4.78, 5) is 9.96. The highest BCUT2D eigenvalue weighted by atomic mass is 127. The molecule has 4 nitrogen and oxygen atoms in total. The van der Waals surface area contributed by atoms with Crippen molar-refractivity contribution in [3.63, 3.8) is 0 Å². The predicted octanol–water partition coefficient (Wildman–Crippen LogP) is 2.76. The zero-order valence-electron chi connectivity index (χ0n) is 11.6. The second-order valence-electron chi connectivity index (χ2n) is 4.45. The van der Waals surface area contributed by atoms with Gasteiger partial charge in [-0.05, 0) is 26.7 Å².